The quantitative estimate of drug-likeness (QED) is 0.600. The van der Waals surface area contributed by atoms with E-state index in [4.69, 9.17) is 14.5 Å². The molecule has 0 saturated heterocycles. The zero-order valence-corrected chi connectivity index (χ0v) is 20.0. The van der Waals surface area contributed by atoms with Crippen LogP contribution in [-0.2, 0) is 26.5 Å². The lowest BCUT2D eigenvalue weighted by Crippen LogP contribution is -2.44. The summed E-state index contributed by atoms with van der Waals surface area (Å²) in [6.07, 6.45) is -0.554. The molecule has 0 fully saturated rings. The van der Waals surface area contributed by atoms with Gasteiger partial charge < -0.3 is 14.6 Å². The maximum atomic E-state index is 13.7. The topological polar surface area (TPSA) is 90.7 Å². The first kappa shape index (κ1) is 21.8. The van der Waals surface area contributed by atoms with Crippen LogP contribution in [0.15, 0.2) is 10.9 Å². The van der Waals surface area contributed by atoms with E-state index in [-0.39, 0.29) is 24.2 Å². The van der Waals surface area contributed by atoms with Crippen molar-refractivity contribution in [1.29, 1.82) is 0 Å². The number of aromatic nitrogens is 2. The molecule has 2 aromatic heterocycles. The van der Waals surface area contributed by atoms with Gasteiger partial charge in [-0.1, -0.05) is 6.92 Å². The van der Waals surface area contributed by atoms with Crippen LogP contribution in [0.5, 0.6) is 0 Å². The summed E-state index contributed by atoms with van der Waals surface area (Å²) in [5, 5.41) is 12.2. The predicted octanol–water partition coefficient (Wildman–Crippen LogP) is 3.77. The summed E-state index contributed by atoms with van der Waals surface area (Å²) in [7, 11) is 1.57. The summed E-state index contributed by atoms with van der Waals surface area (Å²) in [6.45, 7) is 12.0. The molecule has 0 bridgehead atoms. The van der Waals surface area contributed by atoms with Gasteiger partial charge in [0.2, 0.25) is 0 Å². The first-order chi connectivity index (χ1) is 15.6. The van der Waals surface area contributed by atoms with E-state index in [2.05, 4.69) is 27.7 Å². The molecule has 0 amide bonds. The lowest BCUT2D eigenvalue weighted by Gasteiger charge is -2.32. The maximum absolute atomic E-state index is 13.7. The smallest absolute Gasteiger partial charge is 0.343 e. The number of hydrogen-bond acceptors (Lipinski definition) is 6. The van der Waals surface area contributed by atoms with Crippen molar-refractivity contribution in [3.8, 4) is 11.4 Å². The van der Waals surface area contributed by atoms with Gasteiger partial charge in [-0.3, -0.25) is 9.36 Å². The van der Waals surface area contributed by atoms with E-state index in [1.807, 2.05) is 6.92 Å². The standard InChI is InChI=1S/C26H28N2O5/c1-8-26(31)17-9-18-22-20(24(32-7)28(18)23(29)16(17)10-33-25(26)30)15(6)19-13(4)11(2)12(3)14(5)21(19)27-22/h9,24,31H,8,10H2,1-7H3/t24?,26-/m0/s1. The number of fused-ring (bicyclic) bond motifs is 5. The van der Waals surface area contributed by atoms with Crippen LogP contribution in [-0.4, -0.2) is 27.7 Å². The van der Waals surface area contributed by atoms with E-state index in [1.54, 1.807) is 24.7 Å². The molecule has 4 heterocycles. The highest BCUT2D eigenvalue weighted by molar-refractivity contribution is 5.94. The zero-order chi connectivity index (χ0) is 24.0. The van der Waals surface area contributed by atoms with Gasteiger partial charge in [0.05, 0.1) is 22.5 Å². The molecule has 0 spiro atoms. The molecule has 0 radical (unpaired) electrons. The first-order valence-electron chi connectivity index (χ1n) is 11.2. The average Bonchev–Trinajstić information content (AvgIpc) is 3.13. The molecule has 7 nitrogen and oxygen atoms in total. The summed E-state index contributed by atoms with van der Waals surface area (Å²) >= 11 is 0. The van der Waals surface area contributed by atoms with Crippen LogP contribution in [0.25, 0.3) is 22.3 Å². The highest BCUT2D eigenvalue weighted by Gasteiger charge is 2.46. The van der Waals surface area contributed by atoms with Crippen molar-refractivity contribution in [1.82, 2.24) is 9.55 Å². The Hall–Kier alpha value is -3.03. The summed E-state index contributed by atoms with van der Waals surface area (Å²) in [6, 6.07) is 1.72. The third kappa shape index (κ3) is 2.55. The lowest BCUT2D eigenvalue weighted by molar-refractivity contribution is -0.172. The number of cyclic esters (lactones) is 1. The SMILES string of the molecule is CC[C@@]1(O)C(=O)OCc2c1cc1n(c2=O)C(OC)c2c-1nc1c(C)c(C)c(C)c(C)c1c2C. The van der Waals surface area contributed by atoms with Crippen LogP contribution in [0.2, 0.25) is 0 Å². The average molecular weight is 449 g/mol. The fourth-order valence-corrected chi connectivity index (χ4v) is 5.51. The van der Waals surface area contributed by atoms with Gasteiger partial charge in [0.1, 0.15) is 6.61 Å². The number of carbonyl (C=O) groups excluding carboxylic acids is 1. The van der Waals surface area contributed by atoms with Crippen LogP contribution in [0, 0.1) is 34.6 Å². The molecule has 3 aromatic rings. The lowest BCUT2D eigenvalue weighted by atomic mass is 9.86. The van der Waals surface area contributed by atoms with Gasteiger partial charge in [0.15, 0.2) is 11.8 Å². The second kappa shape index (κ2) is 6.98. The monoisotopic (exact) mass is 448 g/mol. The number of methoxy groups -OCH3 is 1. The minimum Gasteiger partial charge on any atom is -0.458 e. The van der Waals surface area contributed by atoms with Crippen LogP contribution in [0.3, 0.4) is 0 Å². The van der Waals surface area contributed by atoms with Gasteiger partial charge in [-0.05, 0) is 74.9 Å². The summed E-state index contributed by atoms with van der Waals surface area (Å²) < 4.78 is 12.6. The van der Waals surface area contributed by atoms with Gasteiger partial charge in [-0.15, -0.1) is 0 Å². The van der Waals surface area contributed by atoms with Crippen LogP contribution in [0.1, 0.15) is 64.1 Å². The molecule has 2 aliphatic heterocycles. The number of pyridine rings is 2. The number of aryl methyl sites for hydroxylation is 3. The van der Waals surface area contributed by atoms with Gasteiger partial charge in [-0.25, -0.2) is 9.78 Å². The molecular weight excluding hydrogens is 420 g/mol. The normalized spacial score (nSPS) is 21.1. The summed E-state index contributed by atoms with van der Waals surface area (Å²) in [5.74, 6) is -0.733. The number of rotatable bonds is 2. The van der Waals surface area contributed by atoms with E-state index in [9.17, 15) is 14.7 Å². The van der Waals surface area contributed by atoms with Crippen molar-refractivity contribution < 1.29 is 19.4 Å². The molecule has 5 rings (SSSR count). The summed E-state index contributed by atoms with van der Waals surface area (Å²) in [4.78, 5) is 31.2. The minimum absolute atomic E-state index is 0.100. The van der Waals surface area contributed by atoms with Gasteiger partial charge in [0.25, 0.3) is 5.56 Å². The van der Waals surface area contributed by atoms with Gasteiger partial charge in [-0.2, -0.15) is 0 Å². The third-order valence-corrected chi connectivity index (χ3v) is 7.84. The van der Waals surface area contributed by atoms with E-state index in [0.717, 1.165) is 33.2 Å². The second-order valence-corrected chi connectivity index (χ2v) is 9.20. The molecule has 2 aliphatic rings. The Morgan fingerprint density at radius 1 is 1.12 bits per heavy atom. The summed E-state index contributed by atoms with van der Waals surface area (Å²) in [5.41, 5.74) is 7.00. The van der Waals surface area contributed by atoms with Crippen LogP contribution in [0.4, 0.5) is 0 Å². The predicted molar refractivity (Wildman–Crippen MR) is 124 cm³/mol. The molecule has 172 valence electrons. The van der Waals surface area contributed by atoms with E-state index in [1.165, 1.54) is 11.1 Å². The van der Waals surface area contributed by atoms with Crippen LogP contribution < -0.4 is 5.56 Å². The number of carbonyl (C=O) groups is 1. The Bertz CT molecular complexity index is 1450. The molecule has 33 heavy (non-hydrogen) atoms. The number of nitrogens with zero attached hydrogens (tertiary/aromatic N) is 2. The number of ether oxygens (including phenoxy) is 2. The Labute approximate surface area is 192 Å². The molecule has 0 saturated carbocycles. The highest BCUT2D eigenvalue weighted by atomic mass is 16.6. The number of esters is 1. The Balaban J connectivity index is 1.94. The van der Waals surface area contributed by atoms with E-state index < -0.39 is 17.8 Å². The van der Waals surface area contributed by atoms with Crippen molar-refractivity contribution in [2.75, 3.05) is 7.11 Å². The number of benzene rings is 1. The Morgan fingerprint density at radius 2 is 1.79 bits per heavy atom. The fraction of sp³-hybridized carbons (Fsp3) is 0.423. The molecule has 7 heteroatoms. The molecule has 1 aromatic carbocycles. The first-order valence-corrected chi connectivity index (χ1v) is 11.2. The largest absolute Gasteiger partial charge is 0.458 e. The van der Waals surface area contributed by atoms with Crippen molar-refractivity contribution in [2.45, 2.75) is 66.4 Å². The van der Waals surface area contributed by atoms with Crippen molar-refractivity contribution in [2.24, 2.45) is 0 Å². The number of hydrogen-bond donors (Lipinski definition) is 1. The van der Waals surface area contributed by atoms with Crippen molar-refractivity contribution in [3.63, 3.8) is 0 Å². The Morgan fingerprint density at radius 3 is 2.42 bits per heavy atom. The number of aliphatic hydroxyl groups is 1. The Kier molecular flexibility index (Phi) is 4.61. The van der Waals surface area contributed by atoms with E-state index in [0.29, 0.717) is 17.0 Å². The van der Waals surface area contributed by atoms with Gasteiger partial charge >= 0.3 is 5.97 Å². The molecular formula is C26H28N2O5. The zero-order valence-electron chi connectivity index (χ0n) is 20.0. The molecule has 1 N–H and O–H groups in total. The van der Waals surface area contributed by atoms with E-state index >= 15 is 0 Å². The third-order valence-electron chi connectivity index (χ3n) is 7.84. The van der Waals surface area contributed by atoms with Crippen molar-refractivity contribution in [3.05, 3.63) is 60.9 Å². The van der Waals surface area contributed by atoms with Crippen LogP contribution >= 0.6 is 0 Å². The maximum Gasteiger partial charge on any atom is 0.343 e. The van der Waals surface area contributed by atoms with Gasteiger partial charge in [0, 0.05) is 23.6 Å². The molecule has 2 atom stereocenters. The fourth-order valence-electron chi connectivity index (χ4n) is 5.51. The second-order valence-electron chi connectivity index (χ2n) is 9.20. The minimum atomic E-state index is -1.86. The highest BCUT2D eigenvalue weighted by Crippen LogP contribution is 2.45. The molecule has 0 aliphatic carbocycles. The molecule has 1 unspecified atom stereocenters. The van der Waals surface area contributed by atoms with Crippen molar-refractivity contribution >= 4 is 16.9 Å².